The van der Waals surface area contributed by atoms with Gasteiger partial charge in [0.25, 0.3) is 0 Å². The third kappa shape index (κ3) is 4.62. The number of carbonyl (C=O) groups excluding carboxylic acids is 2. The predicted molar refractivity (Wildman–Crippen MR) is 112 cm³/mol. The molecule has 0 spiro atoms. The summed E-state index contributed by atoms with van der Waals surface area (Å²) >= 11 is 1.49. The second-order valence-electron chi connectivity index (χ2n) is 6.87. The number of esters is 1. The summed E-state index contributed by atoms with van der Waals surface area (Å²) in [7, 11) is 1.61. The number of benzene rings is 1. The molecule has 2 aromatic rings. The summed E-state index contributed by atoms with van der Waals surface area (Å²) in [6.07, 6.45) is 6.02. The van der Waals surface area contributed by atoms with E-state index in [1.165, 1.54) is 22.3 Å². The van der Waals surface area contributed by atoms with Crippen LogP contribution in [0.3, 0.4) is 0 Å². The fourth-order valence-corrected chi connectivity index (χ4v) is 4.70. The lowest BCUT2D eigenvalue weighted by atomic mass is 9.88. The van der Waals surface area contributed by atoms with Gasteiger partial charge >= 0.3 is 5.97 Å². The molecule has 1 heterocycles. The number of methoxy groups -OCH3 is 1. The van der Waals surface area contributed by atoms with Gasteiger partial charge in [-0.3, -0.25) is 4.79 Å². The van der Waals surface area contributed by atoms with E-state index in [4.69, 9.17) is 9.47 Å². The van der Waals surface area contributed by atoms with Gasteiger partial charge in [0.05, 0.1) is 19.3 Å². The lowest BCUT2D eigenvalue weighted by Crippen LogP contribution is -2.15. The highest BCUT2D eigenvalue weighted by molar-refractivity contribution is 7.17. The van der Waals surface area contributed by atoms with Crippen LogP contribution in [0.25, 0.3) is 6.08 Å². The minimum atomic E-state index is -0.357. The number of anilines is 1. The third-order valence-corrected chi connectivity index (χ3v) is 5.94. The van der Waals surface area contributed by atoms with Crippen LogP contribution in [-0.4, -0.2) is 25.6 Å². The molecule has 1 unspecified atom stereocenters. The summed E-state index contributed by atoms with van der Waals surface area (Å²) in [4.78, 5) is 26.1. The van der Waals surface area contributed by atoms with Gasteiger partial charge in [0, 0.05) is 11.0 Å². The molecule has 0 fully saturated rings. The zero-order chi connectivity index (χ0) is 20.1. The van der Waals surface area contributed by atoms with E-state index in [9.17, 15) is 9.59 Å². The fraction of sp³-hybridized carbons (Fsp3) is 0.364. The van der Waals surface area contributed by atoms with Crippen LogP contribution in [-0.2, 0) is 22.4 Å². The first-order valence-electron chi connectivity index (χ1n) is 9.46. The Balaban J connectivity index is 1.79. The average molecular weight is 400 g/mol. The van der Waals surface area contributed by atoms with E-state index in [0.717, 1.165) is 36.1 Å². The van der Waals surface area contributed by atoms with Crippen molar-refractivity contribution in [1.82, 2.24) is 0 Å². The van der Waals surface area contributed by atoms with Crippen molar-refractivity contribution < 1.29 is 19.1 Å². The van der Waals surface area contributed by atoms with Crippen molar-refractivity contribution in [2.75, 3.05) is 19.0 Å². The van der Waals surface area contributed by atoms with Gasteiger partial charge in [-0.25, -0.2) is 4.79 Å². The van der Waals surface area contributed by atoms with Crippen molar-refractivity contribution in [3.05, 3.63) is 51.9 Å². The van der Waals surface area contributed by atoms with Crippen molar-refractivity contribution in [3.8, 4) is 5.75 Å². The number of nitrogens with one attached hydrogen (secondary N) is 1. The molecule has 1 aliphatic carbocycles. The minimum absolute atomic E-state index is 0.270. The zero-order valence-electron chi connectivity index (χ0n) is 16.4. The van der Waals surface area contributed by atoms with Crippen LogP contribution in [0, 0.1) is 5.92 Å². The molecular formula is C22H25NO4S. The number of hydrogen-bond donors (Lipinski definition) is 1. The maximum Gasteiger partial charge on any atom is 0.341 e. The molecular weight excluding hydrogens is 374 g/mol. The van der Waals surface area contributed by atoms with Gasteiger partial charge in [-0.1, -0.05) is 19.1 Å². The maximum absolute atomic E-state index is 12.5. The number of ether oxygens (including phenoxy) is 2. The molecule has 0 aliphatic heterocycles. The Morgan fingerprint density at radius 1 is 1.29 bits per heavy atom. The number of hydrogen-bond acceptors (Lipinski definition) is 5. The third-order valence-electron chi connectivity index (χ3n) is 4.77. The van der Waals surface area contributed by atoms with E-state index >= 15 is 0 Å². The molecule has 1 aromatic heterocycles. The van der Waals surface area contributed by atoms with E-state index < -0.39 is 0 Å². The molecule has 0 saturated heterocycles. The van der Waals surface area contributed by atoms with Gasteiger partial charge in [-0.2, -0.15) is 0 Å². The molecule has 1 aliphatic rings. The van der Waals surface area contributed by atoms with Crippen LogP contribution in [0.4, 0.5) is 5.00 Å². The van der Waals surface area contributed by atoms with Crippen molar-refractivity contribution >= 4 is 34.3 Å². The van der Waals surface area contributed by atoms with Gasteiger partial charge in [0.15, 0.2) is 0 Å². The first kappa shape index (κ1) is 20.1. The first-order chi connectivity index (χ1) is 13.5. The second kappa shape index (κ2) is 9.06. The highest BCUT2D eigenvalue weighted by atomic mass is 32.1. The fourth-order valence-electron chi connectivity index (χ4n) is 3.30. The Kier molecular flexibility index (Phi) is 6.52. The number of carbonyl (C=O) groups is 2. The Bertz CT molecular complexity index is 883. The van der Waals surface area contributed by atoms with Gasteiger partial charge in [0.1, 0.15) is 10.8 Å². The van der Waals surface area contributed by atoms with E-state index in [2.05, 4.69) is 12.2 Å². The zero-order valence-corrected chi connectivity index (χ0v) is 17.2. The van der Waals surface area contributed by atoms with E-state index in [-0.39, 0.29) is 11.9 Å². The molecule has 1 N–H and O–H groups in total. The van der Waals surface area contributed by atoms with Gasteiger partial charge < -0.3 is 14.8 Å². The molecule has 0 bridgehead atoms. The van der Waals surface area contributed by atoms with Crippen molar-refractivity contribution in [2.45, 2.75) is 33.1 Å². The molecule has 5 nitrogen and oxygen atoms in total. The SMILES string of the molecule is CCOC(=O)c1c(NC(=O)C=Cc2ccc(OC)cc2)sc2c1CCC(C)C2. The van der Waals surface area contributed by atoms with Crippen LogP contribution in [0.15, 0.2) is 30.3 Å². The van der Waals surface area contributed by atoms with E-state index in [0.29, 0.717) is 23.1 Å². The van der Waals surface area contributed by atoms with Crippen LogP contribution in [0.1, 0.15) is 46.6 Å². The van der Waals surface area contributed by atoms with Gasteiger partial charge in [0.2, 0.25) is 5.91 Å². The Morgan fingerprint density at radius 2 is 2.04 bits per heavy atom. The van der Waals surface area contributed by atoms with Crippen LogP contribution < -0.4 is 10.1 Å². The summed E-state index contributed by atoms with van der Waals surface area (Å²) in [6.45, 7) is 4.31. The molecule has 3 rings (SSSR count). The topological polar surface area (TPSA) is 64.6 Å². The lowest BCUT2D eigenvalue weighted by Gasteiger charge is -2.18. The van der Waals surface area contributed by atoms with Crippen molar-refractivity contribution in [3.63, 3.8) is 0 Å². The molecule has 0 radical (unpaired) electrons. The predicted octanol–water partition coefficient (Wildman–Crippen LogP) is 4.71. The number of rotatable bonds is 6. The summed E-state index contributed by atoms with van der Waals surface area (Å²) in [5.41, 5.74) is 2.46. The molecule has 0 saturated carbocycles. The van der Waals surface area contributed by atoms with Crippen LogP contribution >= 0.6 is 11.3 Å². The minimum Gasteiger partial charge on any atom is -0.497 e. The molecule has 6 heteroatoms. The normalized spacial score (nSPS) is 15.9. The number of fused-ring (bicyclic) bond motifs is 1. The quantitative estimate of drug-likeness (QED) is 0.564. The lowest BCUT2D eigenvalue weighted by molar-refractivity contribution is -0.111. The maximum atomic E-state index is 12.5. The number of thiophene rings is 1. The molecule has 1 atom stereocenters. The van der Waals surface area contributed by atoms with Crippen LogP contribution in [0.5, 0.6) is 5.75 Å². The smallest absolute Gasteiger partial charge is 0.341 e. The largest absolute Gasteiger partial charge is 0.497 e. The summed E-state index contributed by atoms with van der Waals surface area (Å²) in [5, 5.41) is 3.47. The standard InChI is InChI=1S/C22H25NO4S/c1-4-27-22(25)20-17-11-5-14(2)13-18(17)28-21(20)23-19(24)12-8-15-6-9-16(26-3)10-7-15/h6-10,12,14H,4-5,11,13H2,1-3H3,(H,23,24). The van der Waals surface area contributed by atoms with Crippen molar-refractivity contribution in [1.29, 1.82) is 0 Å². The molecule has 1 amide bonds. The Hall–Kier alpha value is -2.60. The Morgan fingerprint density at radius 3 is 2.71 bits per heavy atom. The van der Waals surface area contributed by atoms with E-state index in [1.807, 2.05) is 24.3 Å². The van der Waals surface area contributed by atoms with Gasteiger partial charge in [-0.15, -0.1) is 11.3 Å². The van der Waals surface area contributed by atoms with Gasteiger partial charge in [-0.05, 0) is 61.4 Å². The molecule has 28 heavy (non-hydrogen) atoms. The summed E-state index contributed by atoms with van der Waals surface area (Å²) in [6, 6.07) is 7.42. The second-order valence-corrected chi connectivity index (χ2v) is 7.98. The van der Waals surface area contributed by atoms with E-state index in [1.54, 1.807) is 20.1 Å². The molecule has 148 valence electrons. The average Bonchev–Trinajstić information content (AvgIpc) is 3.03. The number of amides is 1. The first-order valence-corrected chi connectivity index (χ1v) is 10.3. The summed E-state index contributed by atoms with van der Waals surface area (Å²) in [5.74, 6) is 0.718. The summed E-state index contributed by atoms with van der Waals surface area (Å²) < 4.78 is 10.4. The van der Waals surface area contributed by atoms with Crippen molar-refractivity contribution in [2.24, 2.45) is 5.92 Å². The Labute approximate surface area is 169 Å². The van der Waals surface area contributed by atoms with Crippen LogP contribution in [0.2, 0.25) is 0 Å². The highest BCUT2D eigenvalue weighted by Crippen LogP contribution is 2.40. The molecule has 1 aromatic carbocycles. The highest BCUT2D eigenvalue weighted by Gasteiger charge is 2.28. The monoisotopic (exact) mass is 399 g/mol.